The molecule has 30 heavy (non-hydrogen) atoms. The molecule has 0 unspecified atom stereocenters. The molecule has 0 bridgehead atoms. The van der Waals surface area contributed by atoms with Crippen molar-refractivity contribution >= 4 is 15.7 Å². The summed E-state index contributed by atoms with van der Waals surface area (Å²) in [7, 11) is -2.22. The fourth-order valence-electron chi connectivity index (χ4n) is 2.63. The molecule has 158 valence electrons. The molecule has 3 aromatic rings. The van der Waals surface area contributed by atoms with Gasteiger partial charge in [-0.05, 0) is 55.5 Å². The van der Waals surface area contributed by atoms with Crippen LogP contribution in [0.2, 0.25) is 0 Å². The maximum Gasteiger partial charge on any atom is 0.262 e. The number of aliphatic hydroxyl groups excluding tert-OH is 1. The molecule has 3 rings (SSSR count). The first-order valence-electron chi connectivity index (χ1n) is 9.20. The van der Waals surface area contributed by atoms with E-state index in [-0.39, 0.29) is 29.5 Å². The number of aryl methyl sites for hydroxylation is 1. The lowest BCUT2D eigenvalue weighted by atomic mass is 10.2. The summed E-state index contributed by atoms with van der Waals surface area (Å²) in [5.74, 6) is 1.98. The normalized spacial score (nSPS) is 11.0. The lowest BCUT2D eigenvalue weighted by molar-refractivity contribution is 0.201. The van der Waals surface area contributed by atoms with E-state index >= 15 is 0 Å². The first kappa shape index (κ1) is 21.5. The van der Waals surface area contributed by atoms with Gasteiger partial charge in [0.25, 0.3) is 10.0 Å². The Labute approximate surface area is 175 Å². The molecule has 3 aromatic carbocycles. The number of aliphatic hydroxyl groups is 1. The smallest absolute Gasteiger partial charge is 0.262 e. The van der Waals surface area contributed by atoms with Gasteiger partial charge in [-0.2, -0.15) is 0 Å². The van der Waals surface area contributed by atoms with E-state index < -0.39 is 10.0 Å². The third-order valence-electron chi connectivity index (χ3n) is 4.17. The number of methoxy groups -OCH3 is 1. The minimum Gasteiger partial charge on any atom is -0.497 e. The van der Waals surface area contributed by atoms with E-state index in [2.05, 4.69) is 4.72 Å². The Morgan fingerprint density at radius 3 is 2.17 bits per heavy atom. The number of anilines is 1. The summed E-state index contributed by atoms with van der Waals surface area (Å²) in [5, 5.41) is 9.10. The summed E-state index contributed by atoms with van der Waals surface area (Å²) in [6, 6.07) is 18.3. The highest BCUT2D eigenvalue weighted by atomic mass is 32.2. The highest BCUT2D eigenvalue weighted by molar-refractivity contribution is 7.92. The van der Waals surface area contributed by atoms with Crippen LogP contribution in [0.4, 0.5) is 5.69 Å². The van der Waals surface area contributed by atoms with E-state index in [0.29, 0.717) is 17.2 Å². The minimum atomic E-state index is -3.80. The molecule has 8 heteroatoms. The van der Waals surface area contributed by atoms with Crippen LogP contribution in [-0.2, 0) is 10.0 Å². The highest BCUT2D eigenvalue weighted by Crippen LogP contribution is 2.33. The molecule has 0 aromatic heterocycles. The summed E-state index contributed by atoms with van der Waals surface area (Å²) in [6.07, 6.45) is 0. The molecule has 0 aliphatic rings. The van der Waals surface area contributed by atoms with Crippen molar-refractivity contribution in [3.8, 4) is 23.0 Å². The molecule has 0 amide bonds. The van der Waals surface area contributed by atoms with E-state index in [1.54, 1.807) is 61.7 Å². The van der Waals surface area contributed by atoms with Crippen molar-refractivity contribution in [1.82, 2.24) is 0 Å². The van der Waals surface area contributed by atoms with Gasteiger partial charge < -0.3 is 19.3 Å². The van der Waals surface area contributed by atoms with Gasteiger partial charge in [0.05, 0.1) is 24.3 Å². The van der Waals surface area contributed by atoms with Crippen molar-refractivity contribution in [2.24, 2.45) is 0 Å². The van der Waals surface area contributed by atoms with Crippen molar-refractivity contribution < 1.29 is 27.7 Å². The summed E-state index contributed by atoms with van der Waals surface area (Å²) in [6.45, 7) is 1.67. The molecule has 0 aliphatic carbocycles. The van der Waals surface area contributed by atoms with E-state index in [0.717, 1.165) is 5.56 Å². The number of rotatable bonds is 9. The predicted molar refractivity (Wildman–Crippen MR) is 114 cm³/mol. The van der Waals surface area contributed by atoms with Gasteiger partial charge >= 0.3 is 0 Å². The zero-order valence-corrected chi connectivity index (χ0v) is 17.5. The number of ether oxygens (including phenoxy) is 3. The molecule has 0 saturated carbocycles. The molecule has 7 nitrogen and oxygen atoms in total. The molecule has 0 radical (unpaired) electrons. The van der Waals surface area contributed by atoms with Crippen LogP contribution >= 0.6 is 0 Å². The Morgan fingerprint density at radius 1 is 0.900 bits per heavy atom. The summed E-state index contributed by atoms with van der Waals surface area (Å²) in [4.78, 5) is 0.139. The summed E-state index contributed by atoms with van der Waals surface area (Å²) >= 11 is 0. The van der Waals surface area contributed by atoms with E-state index in [9.17, 15) is 8.42 Å². The second-order valence-corrected chi connectivity index (χ2v) is 8.11. The van der Waals surface area contributed by atoms with Gasteiger partial charge in [0.2, 0.25) is 0 Å². The molecule has 0 heterocycles. The molecule has 0 fully saturated rings. The summed E-state index contributed by atoms with van der Waals surface area (Å²) < 4.78 is 44.4. The van der Waals surface area contributed by atoms with Gasteiger partial charge in [-0.1, -0.05) is 17.7 Å². The van der Waals surface area contributed by atoms with Crippen molar-refractivity contribution in [1.29, 1.82) is 0 Å². The molecule has 0 aliphatic heterocycles. The largest absolute Gasteiger partial charge is 0.497 e. The van der Waals surface area contributed by atoms with Crippen molar-refractivity contribution in [2.45, 2.75) is 11.8 Å². The maximum absolute atomic E-state index is 12.7. The Morgan fingerprint density at radius 2 is 1.53 bits per heavy atom. The van der Waals surface area contributed by atoms with Crippen molar-refractivity contribution in [3.63, 3.8) is 0 Å². The monoisotopic (exact) mass is 429 g/mol. The minimum absolute atomic E-state index is 0.00521. The average molecular weight is 429 g/mol. The van der Waals surface area contributed by atoms with Crippen LogP contribution < -0.4 is 18.9 Å². The quantitative estimate of drug-likeness (QED) is 0.535. The van der Waals surface area contributed by atoms with Gasteiger partial charge in [0, 0.05) is 6.07 Å². The number of nitrogens with one attached hydrogen (secondary N) is 1. The van der Waals surface area contributed by atoms with Crippen LogP contribution in [-0.4, -0.2) is 33.8 Å². The van der Waals surface area contributed by atoms with Crippen LogP contribution in [0.3, 0.4) is 0 Å². The summed E-state index contributed by atoms with van der Waals surface area (Å²) in [5.41, 5.74) is 1.20. The zero-order chi connectivity index (χ0) is 21.6. The first-order chi connectivity index (χ1) is 14.4. The Kier molecular flexibility index (Phi) is 6.81. The van der Waals surface area contributed by atoms with Crippen LogP contribution in [0.25, 0.3) is 0 Å². The van der Waals surface area contributed by atoms with E-state index in [4.69, 9.17) is 19.3 Å². The first-order valence-corrected chi connectivity index (χ1v) is 10.7. The second-order valence-electron chi connectivity index (χ2n) is 6.43. The van der Waals surface area contributed by atoms with Gasteiger partial charge in [-0.25, -0.2) is 8.42 Å². The highest BCUT2D eigenvalue weighted by Gasteiger charge is 2.17. The molecule has 0 spiro atoms. The van der Waals surface area contributed by atoms with Gasteiger partial charge in [-0.15, -0.1) is 0 Å². The number of benzene rings is 3. The number of hydrogen-bond acceptors (Lipinski definition) is 6. The van der Waals surface area contributed by atoms with Crippen molar-refractivity contribution in [3.05, 3.63) is 72.3 Å². The topological polar surface area (TPSA) is 94.1 Å². The Bertz CT molecular complexity index is 1080. The lowest BCUT2D eigenvalue weighted by Gasteiger charge is -2.15. The Balaban J connectivity index is 1.85. The van der Waals surface area contributed by atoms with Crippen molar-refractivity contribution in [2.75, 3.05) is 25.0 Å². The molecular weight excluding hydrogens is 406 g/mol. The standard InChI is InChI=1S/C22H23NO6S/c1-16-3-10-20(11-4-16)30(25,26)23-21-12-9-19(15-22(21)28-14-13-24)29-18-7-5-17(27-2)6-8-18/h3-12,15,23-24H,13-14H2,1-2H3. The average Bonchev–Trinajstić information content (AvgIpc) is 2.74. The van der Waals surface area contributed by atoms with Crippen LogP contribution in [0.15, 0.2) is 71.6 Å². The number of hydrogen-bond donors (Lipinski definition) is 2. The third kappa shape index (κ3) is 5.43. The van der Waals surface area contributed by atoms with Crippen LogP contribution in [0, 0.1) is 6.92 Å². The predicted octanol–water partition coefficient (Wildman–Crippen LogP) is 3.97. The van der Waals surface area contributed by atoms with Gasteiger partial charge in [-0.3, -0.25) is 4.72 Å². The molecule has 0 saturated heterocycles. The molecular formula is C22H23NO6S. The van der Waals surface area contributed by atoms with Gasteiger partial charge in [0.15, 0.2) is 0 Å². The van der Waals surface area contributed by atoms with Crippen LogP contribution in [0.5, 0.6) is 23.0 Å². The zero-order valence-electron chi connectivity index (χ0n) is 16.7. The lowest BCUT2D eigenvalue weighted by Crippen LogP contribution is -2.14. The number of sulfonamides is 1. The fourth-order valence-corrected chi connectivity index (χ4v) is 3.70. The third-order valence-corrected chi connectivity index (χ3v) is 5.55. The second kappa shape index (κ2) is 9.51. The molecule has 0 atom stereocenters. The Hall–Kier alpha value is -3.23. The van der Waals surface area contributed by atoms with Gasteiger partial charge in [0.1, 0.15) is 29.6 Å². The van der Waals surface area contributed by atoms with E-state index in [1.807, 2.05) is 6.92 Å². The fraction of sp³-hybridized carbons (Fsp3) is 0.182. The molecule has 2 N–H and O–H groups in total. The van der Waals surface area contributed by atoms with Crippen LogP contribution in [0.1, 0.15) is 5.56 Å². The SMILES string of the molecule is COc1ccc(Oc2ccc(NS(=O)(=O)c3ccc(C)cc3)c(OCCO)c2)cc1. The van der Waals surface area contributed by atoms with E-state index in [1.165, 1.54) is 12.1 Å². The maximum atomic E-state index is 12.7.